The molecule has 0 aromatic carbocycles. The zero-order valence-electron chi connectivity index (χ0n) is 19.3. The standard InChI is InChI=1S/C24H32N6O3/c1-3-14-5-4-6-16(8-14)27-24(33)19-10-15-9-18(15)30(19)21(31)12-29-20-11-26-13(2)7-17(20)22(28-29)23(25)32/h7,11,14-16,18-19H,3-6,8-10,12H2,1-2H3,(H2,25,32)(H,27,33)/t14-,15+,16?,18+,19-/m0/s1. The van der Waals surface area contributed by atoms with Crippen LogP contribution in [-0.2, 0) is 16.1 Å². The maximum atomic E-state index is 13.4. The van der Waals surface area contributed by atoms with Crippen LogP contribution in [0.5, 0.6) is 0 Å². The number of nitrogens with two attached hydrogens (primary N) is 1. The van der Waals surface area contributed by atoms with E-state index in [1.54, 1.807) is 17.2 Å². The van der Waals surface area contributed by atoms with Crippen molar-refractivity contribution in [2.45, 2.75) is 83.5 Å². The molecule has 0 radical (unpaired) electrons. The Kier molecular flexibility index (Phi) is 5.58. The van der Waals surface area contributed by atoms with Gasteiger partial charge >= 0.3 is 0 Å². The van der Waals surface area contributed by atoms with E-state index in [4.69, 9.17) is 5.73 Å². The lowest BCUT2D eigenvalue weighted by Crippen LogP contribution is -2.51. The number of rotatable bonds is 6. The van der Waals surface area contributed by atoms with Crippen LogP contribution in [0.2, 0.25) is 0 Å². The van der Waals surface area contributed by atoms with E-state index in [0.717, 1.165) is 44.2 Å². The highest BCUT2D eigenvalue weighted by atomic mass is 16.2. The van der Waals surface area contributed by atoms with E-state index in [1.165, 1.54) is 11.1 Å². The van der Waals surface area contributed by atoms with Crippen molar-refractivity contribution in [3.05, 3.63) is 23.7 Å². The molecule has 1 saturated heterocycles. The first kappa shape index (κ1) is 21.9. The highest BCUT2D eigenvalue weighted by Crippen LogP contribution is 2.48. The van der Waals surface area contributed by atoms with Crippen molar-refractivity contribution in [3.8, 4) is 0 Å². The first-order valence-electron chi connectivity index (χ1n) is 12.1. The van der Waals surface area contributed by atoms with Gasteiger partial charge in [-0.2, -0.15) is 5.10 Å². The Bertz CT molecular complexity index is 1110. The van der Waals surface area contributed by atoms with Crippen LogP contribution in [-0.4, -0.2) is 55.5 Å². The molecule has 3 amide bonds. The quantitative estimate of drug-likeness (QED) is 0.693. The largest absolute Gasteiger partial charge is 0.364 e. The average molecular weight is 453 g/mol. The molecule has 0 spiro atoms. The normalized spacial score (nSPS) is 28.5. The fourth-order valence-electron chi connectivity index (χ4n) is 5.83. The van der Waals surface area contributed by atoms with Crippen LogP contribution in [0.25, 0.3) is 10.9 Å². The summed E-state index contributed by atoms with van der Waals surface area (Å²) >= 11 is 0. The first-order valence-corrected chi connectivity index (χ1v) is 12.1. The van der Waals surface area contributed by atoms with Crippen molar-refractivity contribution in [2.75, 3.05) is 0 Å². The predicted octanol–water partition coefficient (Wildman–Crippen LogP) is 1.91. The van der Waals surface area contributed by atoms with Crippen LogP contribution in [0.3, 0.4) is 0 Å². The molecule has 3 heterocycles. The number of carbonyl (C=O) groups excluding carboxylic acids is 3. The minimum atomic E-state index is -0.643. The van der Waals surface area contributed by atoms with Gasteiger partial charge in [0, 0.05) is 23.2 Å². The van der Waals surface area contributed by atoms with Crippen molar-refractivity contribution >= 4 is 28.6 Å². The van der Waals surface area contributed by atoms with Crippen LogP contribution in [0.15, 0.2) is 12.3 Å². The molecule has 1 unspecified atom stereocenters. The van der Waals surface area contributed by atoms with Crippen LogP contribution >= 0.6 is 0 Å². The third kappa shape index (κ3) is 4.09. The van der Waals surface area contributed by atoms with Gasteiger partial charge in [-0.05, 0) is 50.5 Å². The maximum Gasteiger partial charge on any atom is 0.269 e. The minimum Gasteiger partial charge on any atom is -0.364 e. The number of likely N-dealkylation sites (tertiary alicyclic amines) is 1. The number of nitrogens with zero attached hydrogens (tertiary/aromatic N) is 4. The van der Waals surface area contributed by atoms with E-state index in [2.05, 4.69) is 22.3 Å². The van der Waals surface area contributed by atoms with Gasteiger partial charge in [0.05, 0.1) is 11.7 Å². The first-order chi connectivity index (χ1) is 15.9. The number of fused-ring (bicyclic) bond motifs is 2. The van der Waals surface area contributed by atoms with Gasteiger partial charge in [-0.15, -0.1) is 0 Å². The van der Waals surface area contributed by atoms with Gasteiger partial charge in [0.25, 0.3) is 5.91 Å². The number of carbonyl (C=O) groups is 3. The second-order valence-corrected chi connectivity index (χ2v) is 9.98. The van der Waals surface area contributed by atoms with Gasteiger partial charge in [-0.25, -0.2) is 0 Å². The Morgan fingerprint density at radius 2 is 2.03 bits per heavy atom. The molecule has 9 nitrogen and oxygen atoms in total. The summed E-state index contributed by atoms with van der Waals surface area (Å²) in [7, 11) is 0. The fourth-order valence-corrected chi connectivity index (χ4v) is 5.83. The van der Waals surface area contributed by atoms with E-state index in [1.807, 2.05) is 6.92 Å². The second kappa shape index (κ2) is 8.43. The van der Waals surface area contributed by atoms with Gasteiger partial charge < -0.3 is 16.0 Å². The average Bonchev–Trinajstić information content (AvgIpc) is 3.30. The molecule has 3 aliphatic rings. The molecule has 33 heavy (non-hydrogen) atoms. The molecule has 0 bridgehead atoms. The Balaban J connectivity index is 1.33. The zero-order valence-corrected chi connectivity index (χ0v) is 19.3. The molecule has 2 aliphatic carbocycles. The number of piperidine rings is 1. The number of amides is 3. The molecule has 2 saturated carbocycles. The predicted molar refractivity (Wildman–Crippen MR) is 122 cm³/mol. The number of hydrogen-bond acceptors (Lipinski definition) is 5. The number of primary amides is 1. The number of hydrogen-bond donors (Lipinski definition) is 2. The number of aromatic nitrogens is 3. The topological polar surface area (TPSA) is 123 Å². The lowest BCUT2D eigenvalue weighted by Gasteiger charge is -2.32. The molecule has 176 valence electrons. The van der Waals surface area contributed by atoms with Gasteiger partial charge in [0.2, 0.25) is 11.8 Å². The van der Waals surface area contributed by atoms with Crippen LogP contribution in [0.1, 0.15) is 68.1 Å². The molecular weight excluding hydrogens is 420 g/mol. The van der Waals surface area contributed by atoms with Crippen LogP contribution < -0.4 is 11.1 Å². The van der Waals surface area contributed by atoms with Gasteiger partial charge in [-0.1, -0.05) is 26.2 Å². The summed E-state index contributed by atoms with van der Waals surface area (Å²) in [6, 6.07) is 1.65. The lowest BCUT2D eigenvalue weighted by molar-refractivity contribution is -0.140. The van der Waals surface area contributed by atoms with E-state index in [-0.39, 0.29) is 36.1 Å². The number of aryl methyl sites for hydroxylation is 1. The summed E-state index contributed by atoms with van der Waals surface area (Å²) in [5.74, 6) is 0.243. The maximum absolute atomic E-state index is 13.4. The Hall–Kier alpha value is -2.97. The SMILES string of the molecule is CC[C@H]1CCCC(NC(=O)[C@@H]2C[C@H]3C[C@H]3N2C(=O)Cn2nc(C(N)=O)c3cc(C)ncc32)C1. The fraction of sp³-hybridized carbons (Fsp3) is 0.625. The molecule has 5 rings (SSSR count). The molecule has 2 aromatic rings. The molecule has 2 aromatic heterocycles. The summed E-state index contributed by atoms with van der Waals surface area (Å²) in [4.78, 5) is 44.5. The minimum absolute atomic E-state index is 0.0299. The van der Waals surface area contributed by atoms with E-state index in [0.29, 0.717) is 22.7 Å². The van der Waals surface area contributed by atoms with Crippen molar-refractivity contribution in [1.82, 2.24) is 25.0 Å². The lowest BCUT2D eigenvalue weighted by atomic mass is 9.84. The summed E-state index contributed by atoms with van der Waals surface area (Å²) in [6.45, 7) is 3.98. The van der Waals surface area contributed by atoms with Gasteiger partial charge in [0.1, 0.15) is 12.6 Å². The Morgan fingerprint density at radius 1 is 1.21 bits per heavy atom. The van der Waals surface area contributed by atoms with Crippen LogP contribution in [0.4, 0.5) is 0 Å². The monoisotopic (exact) mass is 452 g/mol. The van der Waals surface area contributed by atoms with Crippen LogP contribution in [0, 0.1) is 18.8 Å². The molecule has 9 heteroatoms. The molecular formula is C24H32N6O3. The Labute approximate surface area is 193 Å². The second-order valence-electron chi connectivity index (χ2n) is 9.98. The van der Waals surface area contributed by atoms with E-state index >= 15 is 0 Å². The van der Waals surface area contributed by atoms with Crippen molar-refractivity contribution in [3.63, 3.8) is 0 Å². The van der Waals surface area contributed by atoms with E-state index < -0.39 is 11.9 Å². The Morgan fingerprint density at radius 3 is 2.79 bits per heavy atom. The van der Waals surface area contributed by atoms with Gasteiger partial charge in [-0.3, -0.25) is 24.0 Å². The van der Waals surface area contributed by atoms with Crippen molar-refractivity contribution in [1.29, 1.82) is 0 Å². The van der Waals surface area contributed by atoms with Crippen molar-refractivity contribution in [2.24, 2.45) is 17.6 Å². The van der Waals surface area contributed by atoms with E-state index in [9.17, 15) is 14.4 Å². The molecule has 1 aliphatic heterocycles. The van der Waals surface area contributed by atoms with Gasteiger partial charge in [0.15, 0.2) is 5.69 Å². The smallest absolute Gasteiger partial charge is 0.269 e. The highest BCUT2D eigenvalue weighted by molar-refractivity contribution is 6.04. The number of pyridine rings is 1. The highest BCUT2D eigenvalue weighted by Gasteiger charge is 2.56. The molecule has 3 N–H and O–H groups in total. The third-order valence-electron chi connectivity index (χ3n) is 7.69. The van der Waals surface area contributed by atoms with Crippen molar-refractivity contribution < 1.29 is 14.4 Å². The summed E-state index contributed by atoms with van der Waals surface area (Å²) in [5, 5.41) is 8.15. The summed E-state index contributed by atoms with van der Waals surface area (Å²) in [5.41, 5.74) is 6.97. The zero-order chi connectivity index (χ0) is 23.3. The molecule has 3 fully saturated rings. The number of nitrogens with one attached hydrogen (secondary N) is 1. The molecule has 5 atom stereocenters. The summed E-state index contributed by atoms with van der Waals surface area (Å²) in [6.07, 6.45) is 8.84. The third-order valence-corrected chi connectivity index (χ3v) is 7.69. The summed E-state index contributed by atoms with van der Waals surface area (Å²) < 4.78 is 1.49.